The van der Waals surface area contributed by atoms with E-state index in [1.165, 1.54) is 19.7 Å². The Morgan fingerprint density at radius 2 is 2.07 bits per heavy atom. The minimum absolute atomic E-state index is 0.266. The zero-order valence-electron chi connectivity index (χ0n) is 15.3. The van der Waals surface area contributed by atoms with E-state index in [-0.39, 0.29) is 5.82 Å². The van der Waals surface area contributed by atoms with Gasteiger partial charge in [-0.2, -0.15) is 0 Å². The molecule has 158 valence electrons. The molecule has 7 N–H and O–H groups in total. The SMILES string of the molecule is CNC(=O)OCC(=O)N[C@@H]1[C@@H](O)[C@H](O)[C@@H](Nc2ncnc3nc[nH]c23)O[C@H]1CO. The molecule has 1 aliphatic heterocycles. The lowest BCUT2D eigenvalue weighted by Gasteiger charge is -2.42. The zero-order valence-corrected chi connectivity index (χ0v) is 15.3. The van der Waals surface area contributed by atoms with Crippen molar-refractivity contribution in [2.24, 2.45) is 0 Å². The number of nitrogens with zero attached hydrogens (tertiary/aromatic N) is 3. The molecular formula is C15H21N7O7. The Kier molecular flexibility index (Phi) is 6.38. The first-order chi connectivity index (χ1) is 13.9. The van der Waals surface area contributed by atoms with E-state index >= 15 is 0 Å². The summed E-state index contributed by atoms with van der Waals surface area (Å²) in [7, 11) is 1.33. The molecule has 1 aliphatic rings. The van der Waals surface area contributed by atoms with Crippen LogP contribution in [0.3, 0.4) is 0 Å². The number of aromatic amines is 1. The van der Waals surface area contributed by atoms with Crippen LogP contribution in [0.2, 0.25) is 0 Å². The molecule has 2 amide bonds. The number of nitrogens with one attached hydrogen (secondary N) is 4. The lowest BCUT2D eigenvalue weighted by molar-refractivity contribution is -0.185. The summed E-state index contributed by atoms with van der Waals surface area (Å²) in [4.78, 5) is 37.8. The highest BCUT2D eigenvalue weighted by molar-refractivity contribution is 5.82. The van der Waals surface area contributed by atoms with Crippen molar-refractivity contribution < 1.29 is 34.4 Å². The van der Waals surface area contributed by atoms with Gasteiger partial charge in [0.05, 0.1) is 19.0 Å². The van der Waals surface area contributed by atoms with E-state index in [2.05, 4.69) is 40.6 Å². The predicted octanol–water partition coefficient (Wildman–Crippen LogP) is -2.96. The van der Waals surface area contributed by atoms with Gasteiger partial charge in [-0.1, -0.05) is 0 Å². The average molecular weight is 411 g/mol. The maximum atomic E-state index is 11.9. The Hall–Kier alpha value is -3.07. The summed E-state index contributed by atoms with van der Waals surface area (Å²) >= 11 is 0. The molecule has 0 unspecified atom stereocenters. The maximum absolute atomic E-state index is 11.9. The summed E-state index contributed by atoms with van der Waals surface area (Å²) in [6, 6.07) is -1.15. The zero-order chi connectivity index (χ0) is 21.0. The van der Waals surface area contributed by atoms with Crippen molar-refractivity contribution in [3.05, 3.63) is 12.7 Å². The van der Waals surface area contributed by atoms with Crippen molar-refractivity contribution in [3.8, 4) is 0 Å². The number of aliphatic hydroxyl groups is 3. The van der Waals surface area contributed by atoms with Gasteiger partial charge in [0.25, 0.3) is 5.91 Å². The van der Waals surface area contributed by atoms with Gasteiger partial charge in [-0.15, -0.1) is 0 Å². The fourth-order valence-electron chi connectivity index (χ4n) is 2.86. The van der Waals surface area contributed by atoms with Gasteiger partial charge < -0.3 is 45.7 Å². The smallest absolute Gasteiger partial charge is 0.407 e. The third-order valence-electron chi connectivity index (χ3n) is 4.30. The minimum Gasteiger partial charge on any atom is -0.439 e. The van der Waals surface area contributed by atoms with Crippen LogP contribution in [-0.4, -0.2) is 98.1 Å². The molecule has 0 aromatic carbocycles. The van der Waals surface area contributed by atoms with Gasteiger partial charge in [0.1, 0.15) is 30.2 Å². The van der Waals surface area contributed by atoms with E-state index in [9.17, 15) is 24.9 Å². The van der Waals surface area contributed by atoms with Crippen LogP contribution in [0.15, 0.2) is 12.7 Å². The van der Waals surface area contributed by atoms with Gasteiger partial charge in [-0.05, 0) is 0 Å². The van der Waals surface area contributed by atoms with Crippen molar-refractivity contribution in [3.63, 3.8) is 0 Å². The standard InChI is InChI=1S/C15H21N7O7/c1-16-15(27)28-3-7(24)21-8-6(2-23)29-14(11(26)10(8)25)22-13-9-12(18-4-17-9)19-5-20-13/h4-6,8,10-11,14,23,25-26H,2-3H2,1H3,(H,16,27)(H,21,24)(H2,17,18,19,20,22)/t6-,8-,10+,11-,14-/m0/s1. The average Bonchev–Trinajstić information content (AvgIpc) is 3.21. The van der Waals surface area contributed by atoms with Gasteiger partial charge in [0, 0.05) is 7.05 Å². The fourth-order valence-corrected chi connectivity index (χ4v) is 2.86. The van der Waals surface area contributed by atoms with Crippen molar-refractivity contribution >= 4 is 29.0 Å². The van der Waals surface area contributed by atoms with E-state index in [4.69, 9.17) is 4.74 Å². The second kappa shape index (κ2) is 8.95. The van der Waals surface area contributed by atoms with E-state index in [1.54, 1.807) is 0 Å². The third-order valence-corrected chi connectivity index (χ3v) is 4.30. The normalized spacial score (nSPS) is 26.7. The number of aromatic nitrogens is 4. The molecule has 0 saturated carbocycles. The second-order valence-corrected chi connectivity index (χ2v) is 6.15. The first-order valence-corrected chi connectivity index (χ1v) is 8.61. The molecule has 3 rings (SSSR count). The summed E-state index contributed by atoms with van der Waals surface area (Å²) in [6.07, 6.45) is -3.33. The maximum Gasteiger partial charge on any atom is 0.407 e. The summed E-state index contributed by atoms with van der Waals surface area (Å²) in [5, 5.41) is 37.9. The largest absolute Gasteiger partial charge is 0.439 e. The van der Waals surface area contributed by atoms with Gasteiger partial charge in [0.2, 0.25) is 0 Å². The number of anilines is 1. The van der Waals surface area contributed by atoms with Crippen molar-refractivity contribution in [2.75, 3.05) is 25.6 Å². The molecule has 0 spiro atoms. The summed E-state index contributed by atoms with van der Waals surface area (Å²) in [6.45, 7) is -1.18. The Morgan fingerprint density at radius 1 is 1.28 bits per heavy atom. The Labute approximate surface area is 163 Å². The van der Waals surface area contributed by atoms with Crippen LogP contribution in [0.1, 0.15) is 0 Å². The number of aliphatic hydroxyl groups excluding tert-OH is 3. The summed E-state index contributed by atoms with van der Waals surface area (Å²) < 4.78 is 10.2. The van der Waals surface area contributed by atoms with E-state index in [0.717, 1.165) is 0 Å². The van der Waals surface area contributed by atoms with Gasteiger partial charge in [-0.3, -0.25) is 4.79 Å². The Balaban J connectivity index is 1.68. The molecule has 0 bridgehead atoms. The Bertz CT molecular complexity index is 860. The molecular weight excluding hydrogens is 390 g/mol. The lowest BCUT2D eigenvalue weighted by Crippen LogP contribution is -2.66. The topological polar surface area (TPSA) is 204 Å². The number of rotatable bonds is 6. The number of carbonyl (C=O) groups is 2. The molecule has 14 nitrogen and oxygen atoms in total. The number of hydrogen-bond donors (Lipinski definition) is 7. The molecule has 0 aliphatic carbocycles. The first kappa shape index (κ1) is 20.7. The number of carbonyl (C=O) groups excluding carboxylic acids is 2. The molecule has 3 heterocycles. The fraction of sp³-hybridized carbons (Fsp3) is 0.533. The third kappa shape index (κ3) is 4.51. The first-order valence-electron chi connectivity index (χ1n) is 8.61. The number of amides is 2. The molecule has 2 aromatic rings. The lowest BCUT2D eigenvalue weighted by atomic mass is 9.95. The number of H-pyrrole nitrogens is 1. The van der Waals surface area contributed by atoms with Crippen molar-refractivity contribution in [2.45, 2.75) is 30.6 Å². The van der Waals surface area contributed by atoms with E-state index < -0.39 is 55.8 Å². The van der Waals surface area contributed by atoms with Crippen LogP contribution in [0.25, 0.3) is 11.2 Å². The minimum atomic E-state index is -1.50. The predicted molar refractivity (Wildman–Crippen MR) is 95.4 cm³/mol. The second-order valence-electron chi connectivity index (χ2n) is 6.15. The van der Waals surface area contributed by atoms with Crippen LogP contribution < -0.4 is 16.0 Å². The van der Waals surface area contributed by atoms with E-state index in [1.807, 2.05) is 0 Å². The van der Waals surface area contributed by atoms with Crippen LogP contribution in [0.4, 0.5) is 10.6 Å². The number of fused-ring (bicyclic) bond motifs is 1. The van der Waals surface area contributed by atoms with Gasteiger partial charge in [0.15, 0.2) is 24.3 Å². The molecule has 1 fully saturated rings. The quantitative estimate of drug-likeness (QED) is 0.256. The van der Waals surface area contributed by atoms with Crippen LogP contribution >= 0.6 is 0 Å². The number of alkyl carbamates (subject to hydrolysis) is 1. The number of imidazole rings is 1. The highest BCUT2D eigenvalue weighted by atomic mass is 16.6. The van der Waals surface area contributed by atoms with Crippen molar-refractivity contribution in [1.29, 1.82) is 0 Å². The van der Waals surface area contributed by atoms with Crippen LogP contribution in [0.5, 0.6) is 0 Å². The van der Waals surface area contributed by atoms with Gasteiger partial charge >= 0.3 is 6.09 Å². The molecule has 0 radical (unpaired) electrons. The summed E-state index contributed by atoms with van der Waals surface area (Å²) in [5.74, 6) is -0.477. The molecule has 1 saturated heterocycles. The number of ether oxygens (including phenoxy) is 2. The molecule has 14 heteroatoms. The highest BCUT2D eigenvalue weighted by Crippen LogP contribution is 2.24. The van der Waals surface area contributed by atoms with Crippen LogP contribution in [0, 0.1) is 0 Å². The highest BCUT2D eigenvalue weighted by Gasteiger charge is 2.45. The number of hydrogen-bond acceptors (Lipinski definition) is 11. The Morgan fingerprint density at radius 3 is 2.79 bits per heavy atom. The van der Waals surface area contributed by atoms with Gasteiger partial charge in [-0.25, -0.2) is 19.7 Å². The summed E-state index contributed by atoms with van der Waals surface area (Å²) in [5.41, 5.74) is 0.841. The molecule has 29 heavy (non-hydrogen) atoms. The van der Waals surface area contributed by atoms with Crippen molar-refractivity contribution in [1.82, 2.24) is 30.6 Å². The molecule has 5 atom stereocenters. The van der Waals surface area contributed by atoms with E-state index in [0.29, 0.717) is 11.2 Å². The van der Waals surface area contributed by atoms with Crippen LogP contribution in [-0.2, 0) is 14.3 Å². The monoisotopic (exact) mass is 411 g/mol. The molecule has 2 aromatic heterocycles.